The van der Waals surface area contributed by atoms with Gasteiger partial charge in [0.2, 0.25) is 0 Å². The smallest absolute Gasteiger partial charge is 0.254 e. The molecular weight excluding hydrogens is 282 g/mol. The fourth-order valence-corrected chi connectivity index (χ4v) is 3.52. The zero-order valence-corrected chi connectivity index (χ0v) is 13.9. The molecule has 2 aromatic rings. The van der Waals surface area contributed by atoms with Gasteiger partial charge in [-0.05, 0) is 36.5 Å². The normalized spacial score (nSPS) is 15.3. The van der Waals surface area contributed by atoms with E-state index in [1.54, 1.807) is 0 Å². The Labute approximate surface area is 139 Å². The summed E-state index contributed by atoms with van der Waals surface area (Å²) >= 11 is 0. The van der Waals surface area contributed by atoms with Crippen molar-refractivity contribution in [3.05, 3.63) is 71.3 Å². The van der Waals surface area contributed by atoms with E-state index >= 15 is 0 Å². The Morgan fingerprint density at radius 3 is 2.35 bits per heavy atom. The minimum absolute atomic E-state index is 0.170. The molecule has 0 bridgehead atoms. The molecule has 1 fully saturated rings. The van der Waals surface area contributed by atoms with Gasteiger partial charge in [-0.25, -0.2) is 0 Å². The molecule has 0 radical (unpaired) electrons. The summed E-state index contributed by atoms with van der Waals surface area (Å²) in [5.41, 5.74) is 3.21. The van der Waals surface area contributed by atoms with Crippen LogP contribution >= 0.6 is 0 Å². The van der Waals surface area contributed by atoms with Crippen LogP contribution in [0.3, 0.4) is 0 Å². The molecule has 2 heteroatoms. The molecule has 0 heterocycles. The number of rotatable bonds is 4. The van der Waals surface area contributed by atoms with Gasteiger partial charge >= 0.3 is 0 Å². The first-order valence-corrected chi connectivity index (χ1v) is 8.64. The van der Waals surface area contributed by atoms with Crippen molar-refractivity contribution in [2.75, 3.05) is 7.05 Å². The molecule has 0 aliphatic heterocycles. The first kappa shape index (κ1) is 15.8. The Balaban J connectivity index is 1.80. The first-order chi connectivity index (χ1) is 11.3. The van der Waals surface area contributed by atoms with Gasteiger partial charge in [-0.2, -0.15) is 0 Å². The Hall–Kier alpha value is -2.09. The van der Waals surface area contributed by atoms with E-state index in [2.05, 4.69) is 18.2 Å². The molecule has 3 rings (SSSR count). The molecule has 0 unspecified atom stereocenters. The molecule has 1 aliphatic rings. The highest BCUT2D eigenvalue weighted by atomic mass is 16.2. The lowest BCUT2D eigenvalue weighted by molar-refractivity contribution is 0.0695. The van der Waals surface area contributed by atoms with Crippen LogP contribution in [-0.2, 0) is 6.42 Å². The van der Waals surface area contributed by atoms with E-state index in [4.69, 9.17) is 0 Å². The van der Waals surface area contributed by atoms with Crippen LogP contribution in [0, 0.1) is 0 Å². The largest absolute Gasteiger partial charge is 0.339 e. The summed E-state index contributed by atoms with van der Waals surface area (Å²) in [5.74, 6) is 0.170. The molecule has 1 amide bonds. The second kappa shape index (κ2) is 7.45. The topological polar surface area (TPSA) is 20.3 Å². The van der Waals surface area contributed by atoms with E-state index in [-0.39, 0.29) is 5.91 Å². The van der Waals surface area contributed by atoms with Gasteiger partial charge in [-0.15, -0.1) is 0 Å². The number of carbonyl (C=O) groups is 1. The summed E-state index contributed by atoms with van der Waals surface area (Å²) in [6, 6.07) is 18.8. The van der Waals surface area contributed by atoms with Crippen molar-refractivity contribution in [2.45, 2.75) is 44.6 Å². The maximum absolute atomic E-state index is 13.0. The number of carbonyl (C=O) groups excluding carboxylic acids is 1. The van der Waals surface area contributed by atoms with Crippen molar-refractivity contribution in [2.24, 2.45) is 0 Å². The molecule has 0 atom stereocenters. The highest BCUT2D eigenvalue weighted by Crippen LogP contribution is 2.24. The number of amides is 1. The minimum Gasteiger partial charge on any atom is -0.339 e. The van der Waals surface area contributed by atoms with Gasteiger partial charge < -0.3 is 4.90 Å². The van der Waals surface area contributed by atoms with Gasteiger partial charge in [0.05, 0.1) is 0 Å². The molecule has 1 saturated carbocycles. The molecule has 0 saturated heterocycles. The lowest BCUT2D eigenvalue weighted by Crippen LogP contribution is -2.38. The molecule has 0 N–H and O–H groups in total. The third-order valence-corrected chi connectivity index (χ3v) is 4.93. The van der Waals surface area contributed by atoms with Gasteiger partial charge in [0.25, 0.3) is 5.91 Å². The van der Waals surface area contributed by atoms with Crippen molar-refractivity contribution in [1.82, 2.24) is 4.90 Å². The van der Waals surface area contributed by atoms with Crippen molar-refractivity contribution < 1.29 is 4.79 Å². The van der Waals surface area contributed by atoms with Crippen molar-refractivity contribution in [1.29, 1.82) is 0 Å². The van der Waals surface area contributed by atoms with Crippen molar-refractivity contribution in [3.63, 3.8) is 0 Å². The Morgan fingerprint density at radius 2 is 1.61 bits per heavy atom. The summed E-state index contributed by atoms with van der Waals surface area (Å²) in [6.45, 7) is 0. The van der Waals surface area contributed by atoms with Crippen LogP contribution in [0.2, 0.25) is 0 Å². The van der Waals surface area contributed by atoms with E-state index < -0.39 is 0 Å². The highest BCUT2D eigenvalue weighted by Gasteiger charge is 2.24. The average Bonchev–Trinajstić information content (AvgIpc) is 2.62. The van der Waals surface area contributed by atoms with Gasteiger partial charge in [0, 0.05) is 18.7 Å². The van der Waals surface area contributed by atoms with E-state index in [1.165, 1.54) is 24.8 Å². The fourth-order valence-electron chi connectivity index (χ4n) is 3.52. The van der Waals surface area contributed by atoms with Gasteiger partial charge in [0.15, 0.2) is 0 Å². The average molecular weight is 307 g/mol. The van der Waals surface area contributed by atoms with E-state index in [9.17, 15) is 4.79 Å². The summed E-state index contributed by atoms with van der Waals surface area (Å²) in [6.07, 6.45) is 6.89. The standard InChI is InChI=1S/C21H25NO/c1-22(19-13-6-3-7-14-19)21(23)20-15-9-8-12-18(20)16-17-10-4-2-5-11-17/h2,4-5,8-12,15,19H,3,6-7,13-14,16H2,1H3. The Kier molecular flexibility index (Phi) is 5.12. The van der Waals surface area contributed by atoms with Gasteiger partial charge in [-0.3, -0.25) is 4.79 Å². The van der Waals surface area contributed by atoms with Crippen LogP contribution < -0.4 is 0 Å². The van der Waals surface area contributed by atoms with Crippen LogP contribution in [0.4, 0.5) is 0 Å². The van der Waals surface area contributed by atoms with E-state index in [0.29, 0.717) is 6.04 Å². The molecular formula is C21H25NO. The highest BCUT2D eigenvalue weighted by molar-refractivity contribution is 5.95. The molecule has 0 aromatic heterocycles. The number of hydrogen-bond donors (Lipinski definition) is 0. The van der Waals surface area contributed by atoms with Crippen LogP contribution in [0.25, 0.3) is 0 Å². The predicted octanol–water partition coefficient (Wildman–Crippen LogP) is 4.68. The summed E-state index contributed by atoms with van der Waals surface area (Å²) in [7, 11) is 1.97. The van der Waals surface area contributed by atoms with Crippen LogP contribution in [-0.4, -0.2) is 23.9 Å². The molecule has 0 spiro atoms. The van der Waals surface area contributed by atoms with Gasteiger partial charge in [-0.1, -0.05) is 67.8 Å². The van der Waals surface area contributed by atoms with E-state index in [0.717, 1.165) is 30.4 Å². The SMILES string of the molecule is CN(C(=O)c1ccccc1Cc1ccccc1)C1CCCCC1. The van der Waals surface area contributed by atoms with Gasteiger partial charge in [0.1, 0.15) is 0 Å². The quantitative estimate of drug-likeness (QED) is 0.803. The Bertz CT molecular complexity index is 644. The second-order valence-electron chi connectivity index (χ2n) is 6.53. The molecule has 23 heavy (non-hydrogen) atoms. The number of benzene rings is 2. The third-order valence-electron chi connectivity index (χ3n) is 4.93. The number of hydrogen-bond acceptors (Lipinski definition) is 1. The Morgan fingerprint density at radius 1 is 0.957 bits per heavy atom. The van der Waals surface area contributed by atoms with Crippen molar-refractivity contribution in [3.8, 4) is 0 Å². The maximum Gasteiger partial charge on any atom is 0.254 e. The fraction of sp³-hybridized carbons (Fsp3) is 0.381. The zero-order chi connectivity index (χ0) is 16.1. The van der Waals surface area contributed by atoms with Crippen LogP contribution in [0.5, 0.6) is 0 Å². The minimum atomic E-state index is 0.170. The third kappa shape index (κ3) is 3.82. The lowest BCUT2D eigenvalue weighted by atomic mass is 9.93. The molecule has 2 aromatic carbocycles. The summed E-state index contributed by atoms with van der Waals surface area (Å²) in [5, 5.41) is 0. The molecule has 120 valence electrons. The maximum atomic E-state index is 13.0. The van der Waals surface area contributed by atoms with Crippen LogP contribution in [0.1, 0.15) is 53.6 Å². The summed E-state index contributed by atoms with van der Waals surface area (Å²) < 4.78 is 0. The molecule has 1 aliphatic carbocycles. The predicted molar refractivity (Wildman–Crippen MR) is 94.7 cm³/mol. The molecule has 2 nitrogen and oxygen atoms in total. The monoisotopic (exact) mass is 307 g/mol. The van der Waals surface area contributed by atoms with Crippen molar-refractivity contribution >= 4 is 5.91 Å². The summed E-state index contributed by atoms with van der Waals surface area (Å²) in [4.78, 5) is 15.0. The van der Waals surface area contributed by atoms with Crippen LogP contribution in [0.15, 0.2) is 54.6 Å². The second-order valence-corrected chi connectivity index (χ2v) is 6.53. The number of nitrogens with zero attached hydrogens (tertiary/aromatic N) is 1. The van der Waals surface area contributed by atoms with E-state index in [1.807, 2.05) is 48.3 Å². The zero-order valence-electron chi connectivity index (χ0n) is 13.9. The lowest BCUT2D eigenvalue weighted by Gasteiger charge is -2.31. The first-order valence-electron chi connectivity index (χ1n) is 8.64.